The van der Waals surface area contributed by atoms with Crippen LogP contribution in [0.15, 0.2) is 12.4 Å². The molecule has 2 heterocycles. The summed E-state index contributed by atoms with van der Waals surface area (Å²) in [4.78, 5) is 6.10. The molecule has 0 fully saturated rings. The number of aliphatic hydroxyl groups excluding tert-OH is 1. The molecule has 0 saturated heterocycles. The van der Waals surface area contributed by atoms with Crippen molar-refractivity contribution in [1.82, 2.24) is 9.38 Å². The summed E-state index contributed by atoms with van der Waals surface area (Å²) < 4.78 is 1.99. The zero-order chi connectivity index (χ0) is 8.72. The van der Waals surface area contributed by atoms with Gasteiger partial charge in [-0.15, -0.1) is 0 Å². The predicted octanol–water partition coefficient (Wildman–Crippen LogP) is 1.76. The summed E-state index contributed by atoms with van der Waals surface area (Å²) in [6.45, 7) is 3.77. The average molecular weight is 182 g/mol. The largest absolute Gasteiger partial charge is 0.388 e. The van der Waals surface area contributed by atoms with Gasteiger partial charge in [-0.1, -0.05) is 11.3 Å². The molecule has 0 spiro atoms. The molecule has 0 unspecified atom stereocenters. The van der Waals surface area contributed by atoms with E-state index < -0.39 is 6.10 Å². The van der Waals surface area contributed by atoms with E-state index >= 15 is 0 Å². The molecule has 2 aromatic heterocycles. The van der Waals surface area contributed by atoms with Gasteiger partial charge in [0.2, 0.25) is 0 Å². The van der Waals surface area contributed by atoms with E-state index in [1.54, 1.807) is 24.5 Å². The number of hydrogen-bond donors (Lipinski definition) is 1. The van der Waals surface area contributed by atoms with Crippen molar-refractivity contribution in [3.63, 3.8) is 0 Å². The minimum Gasteiger partial charge on any atom is -0.388 e. The maximum atomic E-state index is 9.39. The molecule has 64 valence electrons. The van der Waals surface area contributed by atoms with E-state index in [4.69, 9.17) is 0 Å². The Labute approximate surface area is 74.3 Å². The Bertz CT molecular complexity index is 402. The summed E-state index contributed by atoms with van der Waals surface area (Å²) in [6, 6.07) is 0. The van der Waals surface area contributed by atoms with Crippen LogP contribution in [-0.2, 0) is 0 Å². The lowest BCUT2D eigenvalue weighted by molar-refractivity contribution is 0.202. The predicted molar refractivity (Wildman–Crippen MR) is 48.4 cm³/mol. The molecular formula is C8H10N2OS. The number of imidazole rings is 1. The van der Waals surface area contributed by atoms with E-state index in [1.165, 1.54) is 0 Å². The van der Waals surface area contributed by atoms with Gasteiger partial charge in [-0.25, -0.2) is 4.98 Å². The summed E-state index contributed by atoms with van der Waals surface area (Å²) in [6.07, 6.45) is 3.29. The highest BCUT2D eigenvalue weighted by Crippen LogP contribution is 2.26. The highest BCUT2D eigenvalue weighted by molar-refractivity contribution is 7.17. The SMILES string of the molecule is Cc1c([C@H](C)O)sc2nccn12. The van der Waals surface area contributed by atoms with Crippen LogP contribution in [0.1, 0.15) is 23.6 Å². The minimum absolute atomic E-state index is 0.392. The fourth-order valence-corrected chi connectivity index (χ4v) is 2.32. The van der Waals surface area contributed by atoms with E-state index in [1.807, 2.05) is 17.5 Å². The molecule has 3 nitrogen and oxygen atoms in total. The molecule has 0 amide bonds. The third-order valence-corrected chi connectivity index (χ3v) is 3.25. The number of hydrogen-bond acceptors (Lipinski definition) is 3. The van der Waals surface area contributed by atoms with Gasteiger partial charge in [0.25, 0.3) is 0 Å². The first kappa shape index (κ1) is 7.76. The lowest BCUT2D eigenvalue weighted by Gasteiger charge is -2.00. The maximum absolute atomic E-state index is 9.39. The first-order chi connectivity index (χ1) is 5.70. The van der Waals surface area contributed by atoms with Gasteiger partial charge in [-0.05, 0) is 13.8 Å². The van der Waals surface area contributed by atoms with Crippen LogP contribution in [0.2, 0.25) is 0 Å². The summed E-state index contributed by atoms with van der Waals surface area (Å²) in [5.41, 5.74) is 1.09. The monoisotopic (exact) mass is 182 g/mol. The molecule has 0 saturated carbocycles. The summed E-state index contributed by atoms with van der Waals surface area (Å²) in [7, 11) is 0. The van der Waals surface area contributed by atoms with Crippen LogP contribution >= 0.6 is 11.3 Å². The fraction of sp³-hybridized carbons (Fsp3) is 0.375. The molecule has 0 aromatic carbocycles. The van der Waals surface area contributed by atoms with Gasteiger partial charge in [-0.3, -0.25) is 4.40 Å². The van der Waals surface area contributed by atoms with Crippen LogP contribution in [0, 0.1) is 6.92 Å². The number of aryl methyl sites for hydroxylation is 1. The summed E-state index contributed by atoms with van der Waals surface area (Å²) in [5, 5.41) is 9.39. The van der Waals surface area contributed by atoms with Crippen molar-refractivity contribution >= 4 is 16.3 Å². The quantitative estimate of drug-likeness (QED) is 0.729. The van der Waals surface area contributed by atoms with Crippen molar-refractivity contribution in [2.24, 2.45) is 0 Å². The third-order valence-electron chi connectivity index (χ3n) is 1.91. The van der Waals surface area contributed by atoms with Crippen LogP contribution in [0.25, 0.3) is 4.96 Å². The van der Waals surface area contributed by atoms with E-state index in [2.05, 4.69) is 4.98 Å². The minimum atomic E-state index is -0.392. The summed E-state index contributed by atoms with van der Waals surface area (Å²) in [5.74, 6) is 0. The van der Waals surface area contributed by atoms with Crippen LogP contribution in [0.5, 0.6) is 0 Å². The molecule has 1 N–H and O–H groups in total. The molecule has 2 aromatic rings. The van der Waals surface area contributed by atoms with E-state index in [-0.39, 0.29) is 0 Å². The first-order valence-corrected chi connectivity index (χ1v) is 4.62. The van der Waals surface area contributed by atoms with Gasteiger partial charge in [0, 0.05) is 18.1 Å². The van der Waals surface area contributed by atoms with Gasteiger partial charge in [0.05, 0.1) is 11.0 Å². The Hall–Kier alpha value is -0.870. The van der Waals surface area contributed by atoms with Gasteiger partial charge in [0.1, 0.15) is 0 Å². The first-order valence-electron chi connectivity index (χ1n) is 3.80. The van der Waals surface area contributed by atoms with Gasteiger partial charge in [-0.2, -0.15) is 0 Å². The van der Waals surface area contributed by atoms with Gasteiger partial charge >= 0.3 is 0 Å². The van der Waals surface area contributed by atoms with Crippen molar-refractivity contribution in [3.8, 4) is 0 Å². The van der Waals surface area contributed by atoms with Crippen molar-refractivity contribution in [3.05, 3.63) is 23.0 Å². The van der Waals surface area contributed by atoms with Crippen LogP contribution in [0.4, 0.5) is 0 Å². The smallest absolute Gasteiger partial charge is 0.194 e. The molecular weight excluding hydrogens is 172 g/mol. The molecule has 0 aliphatic carbocycles. The number of aliphatic hydroxyl groups is 1. The summed E-state index contributed by atoms with van der Waals surface area (Å²) >= 11 is 1.54. The number of fused-ring (bicyclic) bond motifs is 1. The van der Waals surface area contributed by atoms with Gasteiger partial charge in [0.15, 0.2) is 4.96 Å². The van der Waals surface area contributed by atoms with Crippen LogP contribution in [-0.4, -0.2) is 14.5 Å². The van der Waals surface area contributed by atoms with Crippen molar-refractivity contribution in [2.45, 2.75) is 20.0 Å². The topological polar surface area (TPSA) is 37.5 Å². The molecule has 2 rings (SSSR count). The Kier molecular flexibility index (Phi) is 1.66. The number of nitrogens with zero attached hydrogens (tertiary/aromatic N) is 2. The van der Waals surface area contributed by atoms with Crippen LogP contribution in [0.3, 0.4) is 0 Å². The Morgan fingerprint density at radius 2 is 2.42 bits per heavy atom. The van der Waals surface area contributed by atoms with E-state index in [9.17, 15) is 5.11 Å². The third kappa shape index (κ3) is 0.956. The van der Waals surface area contributed by atoms with E-state index in [0.29, 0.717) is 0 Å². The Morgan fingerprint density at radius 3 is 3.00 bits per heavy atom. The Balaban J connectivity index is 2.70. The second-order valence-corrected chi connectivity index (χ2v) is 3.82. The lowest BCUT2D eigenvalue weighted by atomic mass is 10.3. The van der Waals surface area contributed by atoms with Crippen molar-refractivity contribution in [2.75, 3.05) is 0 Å². The van der Waals surface area contributed by atoms with E-state index in [0.717, 1.165) is 15.5 Å². The zero-order valence-electron chi connectivity index (χ0n) is 6.98. The standard InChI is InChI=1S/C8H10N2OS/c1-5-7(6(2)11)12-8-9-3-4-10(5)8/h3-4,6,11H,1-2H3/t6-/m0/s1. The highest BCUT2D eigenvalue weighted by Gasteiger charge is 2.12. The lowest BCUT2D eigenvalue weighted by Crippen LogP contribution is -1.91. The van der Waals surface area contributed by atoms with Gasteiger partial charge < -0.3 is 5.11 Å². The Morgan fingerprint density at radius 1 is 1.67 bits per heavy atom. The number of aromatic nitrogens is 2. The molecule has 12 heavy (non-hydrogen) atoms. The second kappa shape index (κ2) is 2.57. The van der Waals surface area contributed by atoms with Crippen molar-refractivity contribution in [1.29, 1.82) is 0 Å². The molecule has 0 bridgehead atoms. The molecule has 0 radical (unpaired) electrons. The highest BCUT2D eigenvalue weighted by atomic mass is 32.1. The normalized spacial score (nSPS) is 13.9. The van der Waals surface area contributed by atoms with Crippen molar-refractivity contribution < 1.29 is 5.11 Å². The number of thiazole rings is 1. The van der Waals surface area contributed by atoms with Crippen LogP contribution < -0.4 is 0 Å². The number of rotatable bonds is 1. The molecule has 4 heteroatoms. The average Bonchev–Trinajstić information content (AvgIpc) is 2.53. The molecule has 0 aliphatic heterocycles. The second-order valence-electron chi connectivity index (χ2n) is 2.81. The molecule has 1 atom stereocenters. The molecule has 0 aliphatic rings. The fourth-order valence-electron chi connectivity index (χ4n) is 1.30. The maximum Gasteiger partial charge on any atom is 0.194 e. The zero-order valence-corrected chi connectivity index (χ0v) is 7.80.